The van der Waals surface area contributed by atoms with Crippen LogP contribution in [0, 0.1) is 0 Å². The van der Waals surface area contributed by atoms with E-state index in [1.165, 1.54) is 0 Å². The Kier molecular flexibility index (Phi) is 5.20. The highest BCUT2D eigenvalue weighted by Crippen LogP contribution is 2.33. The third kappa shape index (κ3) is 4.86. The Morgan fingerprint density at radius 1 is 1.24 bits per heavy atom. The summed E-state index contributed by atoms with van der Waals surface area (Å²) in [5.74, 6) is 0.822. The zero-order valence-corrected chi connectivity index (χ0v) is 15.2. The molecule has 1 aromatic carbocycles. The van der Waals surface area contributed by atoms with E-state index in [1.807, 2.05) is 44.2 Å². The molecule has 138 valence electrons. The molecule has 3 rings (SSSR count). The normalized spacial score (nSPS) is 20.8. The Labute approximate surface area is 149 Å². The molecule has 6 nitrogen and oxygen atoms in total. The van der Waals surface area contributed by atoms with E-state index in [2.05, 4.69) is 4.90 Å². The average molecular weight is 347 g/mol. The zero-order chi connectivity index (χ0) is 17.9. The summed E-state index contributed by atoms with van der Waals surface area (Å²) in [6, 6.07) is 9.65. The first-order valence-corrected chi connectivity index (χ1v) is 9.02. The van der Waals surface area contributed by atoms with Gasteiger partial charge >= 0.3 is 6.09 Å². The number of nitrogens with zero attached hydrogens (tertiary/aromatic N) is 2. The second-order valence-electron chi connectivity index (χ2n) is 7.90. The van der Waals surface area contributed by atoms with E-state index in [4.69, 9.17) is 15.2 Å². The van der Waals surface area contributed by atoms with Gasteiger partial charge in [0.15, 0.2) is 0 Å². The minimum absolute atomic E-state index is 0.197. The molecule has 25 heavy (non-hydrogen) atoms. The van der Waals surface area contributed by atoms with Crippen molar-refractivity contribution in [2.75, 3.05) is 39.3 Å². The van der Waals surface area contributed by atoms with E-state index < -0.39 is 0 Å². The van der Waals surface area contributed by atoms with Crippen LogP contribution in [-0.2, 0) is 4.74 Å². The maximum Gasteiger partial charge on any atom is 0.410 e. The second-order valence-corrected chi connectivity index (χ2v) is 7.90. The Balaban J connectivity index is 1.46. The topological polar surface area (TPSA) is 68.0 Å². The van der Waals surface area contributed by atoms with Crippen molar-refractivity contribution in [2.24, 2.45) is 5.73 Å². The summed E-state index contributed by atoms with van der Waals surface area (Å²) in [4.78, 5) is 16.3. The Morgan fingerprint density at radius 3 is 2.56 bits per heavy atom. The number of hydrogen-bond acceptors (Lipinski definition) is 5. The summed E-state index contributed by atoms with van der Waals surface area (Å²) < 4.78 is 11.4. The van der Waals surface area contributed by atoms with Gasteiger partial charge in [-0.2, -0.15) is 0 Å². The van der Waals surface area contributed by atoms with E-state index in [0.29, 0.717) is 19.7 Å². The lowest BCUT2D eigenvalue weighted by Crippen LogP contribution is -2.52. The molecule has 0 saturated carbocycles. The predicted molar refractivity (Wildman–Crippen MR) is 96.7 cm³/mol. The van der Waals surface area contributed by atoms with Gasteiger partial charge in [0.05, 0.1) is 13.1 Å². The van der Waals surface area contributed by atoms with Crippen LogP contribution < -0.4 is 10.5 Å². The highest BCUT2D eigenvalue weighted by Gasteiger charge is 2.46. The smallest absolute Gasteiger partial charge is 0.410 e. The number of nitrogens with two attached hydrogens (primary N) is 1. The molecule has 1 spiro atoms. The van der Waals surface area contributed by atoms with Gasteiger partial charge in [-0.15, -0.1) is 0 Å². The lowest BCUT2D eigenvalue weighted by molar-refractivity contribution is -0.00292. The minimum atomic E-state index is -0.334. The van der Waals surface area contributed by atoms with E-state index in [-0.39, 0.29) is 17.2 Å². The molecule has 2 saturated heterocycles. The van der Waals surface area contributed by atoms with Gasteiger partial charge in [-0.1, -0.05) is 18.2 Å². The number of amides is 1. The fourth-order valence-electron chi connectivity index (χ4n) is 3.61. The number of carbonyl (C=O) groups excluding carboxylic acids is 1. The number of rotatable bonds is 6. The molecule has 0 radical (unpaired) electrons. The van der Waals surface area contributed by atoms with Gasteiger partial charge in [0.1, 0.15) is 18.0 Å². The molecule has 2 N–H and O–H groups in total. The van der Waals surface area contributed by atoms with E-state index in [0.717, 1.165) is 38.2 Å². The highest BCUT2D eigenvalue weighted by molar-refractivity contribution is 5.70. The van der Waals surface area contributed by atoms with Gasteiger partial charge in [-0.3, -0.25) is 0 Å². The lowest BCUT2D eigenvalue weighted by Gasteiger charge is -2.39. The van der Waals surface area contributed by atoms with Crippen LogP contribution in [-0.4, -0.2) is 66.4 Å². The van der Waals surface area contributed by atoms with Crippen LogP contribution in [0.4, 0.5) is 4.79 Å². The first kappa shape index (κ1) is 18.0. The number of ether oxygens (including phenoxy) is 2. The summed E-state index contributed by atoms with van der Waals surface area (Å²) in [6.45, 7) is 8.47. The summed E-state index contributed by atoms with van der Waals surface area (Å²) in [6.07, 6.45) is 1.51. The number of para-hydroxylation sites is 1. The maximum absolute atomic E-state index is 12.2. The number of hydrogen-bond donors (Lipinski definition) is 1. The molecule has 1 amide bonds. The van der Waals surface area contributed by atoms with Crippen molar-refractivity contribution in [3.8, 4) is 5.75 Å². The van der Waals surface area contributed by atoms with Crippen molar-refractivity contribution < 1.29 is 14.3 Å². The Bertz CT molecular complexity index is 577. The van der Waals surface area contributed by atoms with Crippen LogP contribution in [0.3, 0.4) is 0 Å². The largest absolute Gasteiger partial charge is 0.492 e. The van der Waals surface area contributed by atoms with E-state index in [9.17, 15) is 4.79 Å². The fourth-order valence-corrected chi connectivity index (χ4v) is 3.61. The first-order valence-electron chi connectivity index (χ1n) is 9.02. The average Bonchev–Trinajstić information content (AvgIpc) is 2.86. The Morgan fingerprint density at radius 2 is 1.92 bits per heavy atom. The van der Waals surface area contributed by atoms with Crippen LogP contribution in [0.2, 0.25) is 0 Å². The van der Waals surface area contributed by atoms with Crippen LogP contribution in [0.25, 0.3) is 0 Å². The number of likely N-dealkylation sites (tertiary alicyclic amines) is 1. The molecule has 2 fully saturated rings. The molecule has 0 atom stereocenters. The second kappa shape index (κ2) is 7.22. The maximum atomic E-state index is 12.2. The van der Waals surface area contributed by atoms with Gasteiger partial charge in [0, 0.05) is 38.0 Å². The molecule has 0 aromatic heterocycles. The van der Waals surface area contributed by atoms with Gasteiger partial charge in [-0.05, 0) is 26.0 Å². The summed E-state index contributed by atoms with van der Waals surface area (Å²) in [5.41, 5.74) is 5.58. The van der Waals surface area contributed by atoms with Crippen molar-refractivity contribution in [3.63, 3.8) is 0 Å². The molecule has 0 bridgehead atoms. The molecule has 0 unspecified atom stereocenters. The summed E-state index contributed by atoms with van der Waals surface area (Å²) in [5, 5.41) is 0. The van der Waals surface area contributed by atoms with E-state index >= 15 is 0 Å². The van der Waals surface area contributed by atoms with Crippen molar-refractivity contribution in [1.29, 1.82) is 0 Å². The SMILES string of the molecule is CC(C)(N)CN1CCC2(CC1)CN(CCOc1ccccc1)C(=O)O2. The van der Waals surface area contributed by atoms with E-state index in [1.54, 1.807) is 4.90 Å². The van der Waals surface area contributed by atoms with Crippen molar-refractivity contribution in [1.82, 2.24) is 9.80 Å². The molecule has 6 heteroatoms. The van der Waals surface area contributed by atoms with Gasteiger partial charge in [0.2, 0.25) is 0 Å². The van der Waals surface area contributed by atoms with Gasteiger partial charge < -0.3 is 25.0 Å². The molecular formula is C19H29N3O3. The quantitative estimate of drug-likeness (QED) is 0.853. The molecule has 1 aromatic rings. The van der Waals surface area contributed by atoms with Crippen LogP contribution in [0.1, 0.15) is 26.7 Å². The fraction of sp³-hybridized carbons (Fsp3) is 0.632. The zero-order valence-electron chi connectivity index (χ0n) is 15.2. The van der Waals surface area contributed by atoms with Crippen molar-refractivity contribution in [3.05, 3.63) is 30.3 Å². The Hall–Kier alpha value is -1.79. The van der Waals surface area contributed by atoms with Crippen molar-refractivity contribution in [2.45, 2.75) is 37.8 Å². The van der Waals surface area contributed by atoms with Gasteiger partial charge in [-0.25, -0.2) is 4.79 Å². The third-order valence-corrected chi connectivity index (χ3v) is 4.81. The van der Waals surface area contributed by atoms with Crippen LogP contribution in [0.5, 0.6) is 5.75 Å². The third-order valence-electron chi connectivity index (χ3n) is 4.81. The number of carbonyl (C=O) groups is 1. The molecule has 2 aliphatic rings. The van der Waals surface area contributed by atoms with Gasteiger partial charge in [0.25, 0.3) is 0 Å². The summed E-state index contributed by atoms with van der Waals surface area (Å²) in [7, 11) is 0. The number of piperidine rings is 1. The van der Waals surface area contributed by atoms with Crippen molar-refractivity contribution >= 4 is 6.09 Å². The van der Waals surface area contributed by atoms with Crippen LogP contribution >= 0.6 is 0 Å². The highest BCUT2D eigenvalue weighted by atomic mass is 16.6. The predicted octanol–water partition coefficient (Wildman–Crippen LogP) is 2.09. The molecular weight excluding hydrogens is 318 g/mol. The summed E-state index contributed by atoms with van der Waals surface area (Å²) >= 11 is 0. The molecule has 2 aliphatic heterocycles. The number of benzene rings is 1. The standard InChI is InChI=1S/C19H29N3O3/c1-18(2,20)14-21-10-8-19(9-11-21)15-22(17(23)25-19)12-13-24-16-6-4-3-5-7-16/h3-7H,8-15,20H2,1-2H3. The molecule has 0 aliphatic carbocycles. The lowest BCUT2D eigenvalue weighted by atomic mass is 9.90. The monoisotopic (exact) mass is 347 g/mol. The first-order chi connectivity index (χ1) is 11.9. The minimum Gasteiger partial charge on any atom is -0.492 e. The van der Waals surface area contributed by atoms with Crippen LogP contribution in [0.15, 0.2) is 30.3 Å². The molecule has 2 heterocycles.